The Hall–Kier alpha value is -1.28. The molecule has 14 heavy (non-hydrogen) atoms. The van der Waals surface area contributed by atoms with Crippen LogP contribution in [0.3, 0.4) is 0 Å². The molecule has 0 saturated heterocycles. The highest BCUT2D eigenvalue weighted by atomic mass is 14.9. The zero-order valence-corrected chi connectivity index (χ0v) is 8.46. The van der Waals surface area contributed by atoms with Crippen molar-refractivity contribution in [1.82, 2.24) is 10.3 Å². The van der Waals surface area contributed by atoms with E-state index in [1.54, 1.807) is 0 Å². The van der Waals surface area contributed by atoms with Gasteiger partial charge in [0.1, 0.15) is 0 Å². The molecule has 2 heteroatoms. The average Bonchev–Trinajstić information content (AvgIpc) is 2.96. The molecule has 3 rings (SSSR count). The SMILES string of the molecule is CNC1CC1.c1ccc2[nH]ccc2c1. The molecule has 1 aromatic heterocycles. The van der Waals surface area contributed by atoms with Gasteiger partial charge >= 0.3 is 0 Å². The molecule has 1 saturated carbocycles. The van der Waals surface area contributed by atoms with E-state index in [0.29, 0.717) is 0 Å². The topological polar surface area (TPSA) is 27.8 Å². The van der Waals surface area contributed by atoms with Crippen molar-refractivity contribution in [2.75, 3.05) is 7.05 Å². The standard InChI is InChI=1S/C8H7N.C4H9N/c1-2-4-8-7(3-1)5-6-9-8;1-5-4-2-3-4/h1-6,9H;4-5H,2-3H2,1H3. The van der Waals surface area contributed by atoms with Crippen molar-refractivity contribution in [1.29, 1.82) is 0 Å². The molecule has 1 aliphatic rings. The number of para-hydroxylation sites is 1. The van der Waals surface area contributed by atoms with Crippen LogP contribution < -0.4 is 5.32 Å². The minimum Gasteiger partial charge on any atom is -0.361 e. The van der Waals surface area contributed by atoms with Gasteiger partial charge in [-0.15, -0.1) is 0 Å². The number of hydrogen-bond acceptors (Lipinski definition) is 1. The molecular formula is C12H16N2. The highest BCUT2D eigenvalue weighted by Crippen LogP contribution is 2.17. The molecule has 0 unspecified atom stereocenters. The van der Waals surface area contributed by atoms with Gasteiger partial charge in [-0.1, -0.05) is 18.2 Å². The van der Waals surface area contributed by atoms with Crippen LogP contribution in [0.5, 0.6) is 0 Å². The zero-order valence-electron chi connectivity index (χ0n) is 8.46. The van der Waals surface area contributed by atoms with E-state index >= 15 is 0 Å². The van der Waals surface area contributed by atoms with Crippen LogP contribution in [0.15, 0.2) is 36.5 Å². The molecule has 0 bridgehead atoms. The van der Waals surface area contributed by atoms with Crippen LogP contribution >= 0.6 is 0 Å². The number of aromatic amines is 1. The van der Waals surface area contributed by atoms with Crippen LogP contribution in [0.4, 0.5) is 0 Å². The summed E-state index contributed by atoms with van der Waals surface area (Å²) in [5.74, 6) is 0. The predicted octanol–water partition coefficient (Wildman–Crippen LogP) is 2.54. The predicted molar refractivity (Wildman–Crippen MR) is 60.4 cm³/mol. The molecule has 1 aromatic carbocycles. The van der Waals surface area contributed by atoms with Gasteiger partial charge < -0.3 is 10.3 Å². The lowest BCUT2D eigenvalue weighted by atomic mass is 10.3. The lowest BCUT2D eigenvalue weighted by Gasteiger charge is -1.83. The lowest BCUT2D eigenvalue weighted by Crippen LogP contribution is -2.06. The van der Waals surface area contributed by atoms with Gasteiger partial charge in [0.2, 0.25) is 0 Å². The van der Waals surface area contributed by atoms with Crippen LogP contribution in [0.25, 0.3) is 10.9 Å². The van der Waals surface area contributed by atoms with Gasteiger partial charge in [0.15, 0.2) is 0 Å². The number of rotatable bonds is 1. The highest BCUT2D eigenvalue weighted by molar-refractivity contribution is 5.78. The monoisotopic (exact) mass is 188 g/mol. The molecule has 2 nitrogen and oxygen atoms in total. The molecule has 74 valence electrons. The lowest BCUT2D eigenvalue weighted by molar-refractivity contribution is 0.811. The summed E-state index contributed by atoms with van der Waals surface area (Å²) >= 11 is 0. The maximum absolute atomic E-state index is 3.14. The first-order chi connectivity index (χ1) is 6.90. The van der Waals surface area contributed by atoms with Crippen LogP contribution in [-0.4, -0.2) is 18.1 Å². The van der Waals surface area contributed by atoms with Crippen molar-refractivity contribution < 1.29 is 0 Å². The fraction of sp³-hybridized carbons (Fsp3) is 0.333. The third kappa shape index (κ3) is 2.36. The quantitative estimate of drug-likeness (QED) is 0.707. The van der Waals surface area contributed by atoms with E-state index in [1.807, 2.05) is 25.4 Å². The third-order valence-electron chi connectivity index (χ3n) is 2.45. The molecule has 0 atom stereocenters. The molecule has 0 spiro atoms. The van der Waals surface area contributed by atoms with Crippen molar-refractivity contribution in [3.05, 3.63) is 36.5 Å². The summed E-state index contributed by atoms with van der Waals surface area (Å²) in [6.07, 6.45) is 4.75. The fourth-order valence-electron chi connectivity index (χ4n) is 1.37. The van der Waals surface area contributed by atoms with Crippen LogP contribution in [-0.2, 0) is 0 Å². The summed E-state index contributed by atoms with van der Waals surface area (Å²) in [5.41, 5.74) is 1.21. The van der Waals surface area contributed by atoms with Crippen molar-refractivity contribution in [3.8, 4) is 0 Å². The Kier molecular flexibility index (Phi) is 2.84. The first-order valence-electron chi connectivity index (χ1n) is 5.09. The van der Waals surface area contributed by atoms with Crippen LogP contribution in [0.2, 0.25) is 0 Å². The first kappa shape index (κ1) is 9.28. The smallest absolute Gasteiger partial charge is 0.0453 e. The summed E-state index contributed by atoms with van der Waals surface area (Å²) < 4.78 is 0. The average molecular weight is 188 g/mol. The zero-order chi connectivity index (χ0) is 9.80. The molecule has 1 aliphatic carbocycles. The summed E-state index contributed by atoms with van der Waals surface area (Å²) in [5, 5.41) is 4.41. The maximum Gasteiger partial charge on any atom is 0.0453 e. The first-order valence-corrected chi connectivity index (χ1v) is 5.09. The Morgan fingerprint density at radius 1 is 1.21 bits per heavy atom. The van der Waals surface area contributed by atoms with Gasteiger partial charge in [-0.05, 0) is 37.4 Å². The Balaban J connectivity index is 0.000000128. The Morgan fingerprint density at radius 3 is 2.57 bits per heavy atom. The fourth-order valence-corrected chi connectivity index (χ4v) is 1.37. The second kappa shape index (κ2) is 4.29. The normalized spacial score (nSPS) is 14.9. The van der Waals surface area contributed by atoms with Crippen molar-refractivity contribution >= 4 is 10.9 Å². The van der Waals surface area contributed by atoms with E-state index in [-0.39, 0.29) is 0 Å². The summed E-state index contributed by atoms with van der Waals surface area (Å²) in [6, 6.07) is 11.2. The second-order valence-corrected chi connectivity index (χ2v) is 3.63. The molecule has 0 amide bonds. The molecule has 0 aliphatic heterocycles. The Morgan fingerprint density at radius 2 is 2.00 bits per heavy atom. The highest BCUT2D eigenvalue weighted by Gasteiger charge is 2.17. The second-order valence-electron chi connectivity index (χ2n) is 3.63. The van der Waals surface area contributed by atoms with Crippen LogP contribution in [0.1, 0.15) is 12.8 Å². The van der Waals surface area contributed by atoms with Crippen LogP contribution in [0, 0.1) is 0 Å². The number of nitrogens with one attached hydrogen (secondary N) is 2. The van der Waals surface area contributed by atoms with Gasteiger partial charge in [0.25, 0.3) is 0 Å². The van der Waals surface area contributed by atoms with E-state index in [9.17, 15) is 0 Å². The van der Waals surface area contributed by atoms with E-state index in [2.05, 4.69) is 28.5 Å². The summed E-state index contributed by atoms with van der Waals surface area (Å²) in [4.78, 5) is 3.12. The number of aromatic nitrogens is 1. The van der Waals surface area contributed by atoms with E-state index in [0.717, 1.165) is 6.04 Å². The minimum atomic E-state index is 0.884. The largest absolute Gasteiger partial charge is 0.361 e. The molecular weight excluding hydrogens is 172 g/mol. The van der Waals surface area contributed by atoms with E-state index in [4.69, 9.17) is 0 Å². The molecule has 0 radical (unpaired) electrons. The maximum atomic E-state index is 3.14. The summed E-state index contributed by atoms with van der Waals surface area (Å²) in [7, 11) is 2.01. The van der Waals surface area contributed by atoms with Gasteiger partial charge in [-0.2, -0.15) is 0 Å². The minimum absolute atomic E-state index is 0.884. The molecule has 2 aromatic rings. The molecule has 1 heterocycles. The Labute approximate surface area is 84.3 Å². The summed E-state index contributed by atoms with van der Waals surface area (Å²) in [6.45, 7) is 0. The number of hydrogen-bond donors (Lipinski definition) is 2. The van der Waals surface area contributed by atoms with Crippen molar-refractivity contribution in [2.24, 2.45) is 0 Å². The van der Waals surface area contributed by atoms with E-state index < -0.39 is 0 Å². The van der Waals surface area contributed by atoms with Crippen molar-refractivity contribution in [3.63, 3.8) is 0 Å². The van der Waals surface area contributed by atoms with E-state index in [1.165, 1.54) is 23.7 Å². The molecule has 2 N–H and O–H groups in total. The Bertz CT molecular complexity index is 358. The van der Waals surface area contributed by atoms with Gasteiger partial charge in [0, 0.05) is 17.8 Å². The van der Waals surface area contributed by atoms with Gasteiger partial charge in [-0.3, -0.25) is 0 Å². The van der Waals surface area contributed by atoms with Gasteiger partial charge in [0.05, 0.1) is 0 Å². The van der Waals surface area contributed by atoms with Gasteiger partial charge in [-0.25, -0.2) is 0 Å². The number of benzene rings is 1. The molecule has 1 fully saturated rings. The number of fused-ring (bicyclic) bond motifs is 1. The third-order valence-corrected chi connectivity index (χ3v) is 2.45. The van der Waals surface area contributed by atoms with Crippen molar-refractivity contribution in [2.45, 2.75) is 18.9 Å². The number of H-pyrrole nitrogens is 1.